The van der Waals surface area contributed by atoms with Crippen molar-refractivity contribution in [1.82, 2.24) is 4.98 Å². The molecule has 0 bridgehead atoms. The summed E-state index contributed by atoms with van der Waals surface area (Å²) in [5.41, 5.74) is 6.43. The summed E-state index contributed by atoms with van der Waals surface area (Å²) in [5, 5.41) is 19.0. The highest BCUT2D eigenvalue weighted by Crippen LogP contribution is 2.29. The first-order valence-corrected chi connectivity index (χ1v) is 8.89. The third-order valence-corrected chi connectivity index (χ3v) is 4.10. The number of hydrogen-bond donors (Lipinski definition) is 3. The first-order valence-electron chi connectivity index (χ1n) is 8.89. The van der Waals surface area contributed by atoms with E-state index in [0.717, 1.165) is 12.1 Å². The monoisotopic (exact) mass is 434 g/mol. The van der Waals surface area contributed by atoms with Gasteiger partial charge in [0.2, 0.25) is 0 Å². The fraction of sp³-hybridized carbons (Fsp3) is 0.143. The molecule has 0 fully saturated rings. The Labute approximate surface area is 174 Å². The van der Waals surface area contributed by atoms with Crippen molar-refractivity contribution >= 4 is 5.91 Å². The molecule has 3 rings (SSSR count). The fourth-order valence-corrected chi connectivity index (χ4v) is 2.66. The van der Waals surface area contributed by atoms with E-state index in [1.807, 2.05) is 0 Å². The summed E-state index contributed by atoms with van der Waals surface area (Å²) in [6.45, 7) is -0.540. The van der Waals surface area contributed by atoms with Gasteiger partial charge in [-0.25, -0.2) is 4.98 Å². The average Bonchev–Trinajstić information content (AvgIpc) is 2.73. The van der Waals surface area contributed by atoms with E-state index in [1.54, 1.807) is 24.3 Å². The molecule has 0 unspecified atom stereocenters. The van der Waals surface area contributed by atoms with E-state index in [1.165, 1.54) is 24.3 Å². The highest BCUT2D eigenvalue weighted by molar-refractivity contribution is 5.91. The van der Waals surface area contributed by atoms with Crippen molar-refractivity contribution < 1.29 is 37.7 Å². The third-order valence-electron chi connectivity index (χ3n) is 4.10. The third kappa shape index (κ3) is 5.93. The van der Waals surface area contributed by atoms with Crippen LogP contribution in [0, 0.1) is 0 Å². The van der Waals surface area contributed by atoms with E-state index in [4.69, 9.17) is 15.6 Å². The molecule has 0 saturated carbocycles. The highest BCUT2D eigenvalue weighted by atomic mass is 19.4. The standard InChI is InChI=1S/C21H17F3N2O5/c22-21(23,24)31-16-7-5-15(6-8-16)30-14-3-1-12(2-4-14)17-9-13(19(28)11-27)10-18(26-17)20(25)29/h1-10,19,27-28H,11H2,(H2,25,29)/t19-/m1/s1. The predicted molar refractivity (Wildman–Crippen MR) is 103 cm³/mol. The average molecular weight is 434 g/mol. The second-order valence-corrected chi connectivity index (χ2v) is 6.38. The van der Waals surface area contributed by atoms with Gasteiger partial charge in [0.05, 0.1) is 12.3 Å². The Balaban J connectivity index is 1.79. The number of benzene rings is 2. The van der Waals surface area contributed by atoms with Crippen LogP contribution in [0.3, 0.4) is 0 Å². The molecule has 1 amide bonds. The quantitative estimate of drug-likeness (QED) is 0.524. The minimum atomic E-state index is -4.77. The van der Waals surface area contributed by atoms with Crippen molar-refractivity contribution in [2.75, 3.05) is 6.61 Å². The zero-order valence-corrected chi connectivity index (χ0v) is 15.8. The van der Waals surface area contributed by atoms with Gasteiger partial charge in [0.1, 0.15) is 29.0 Å². The predicted octanol–water partition coefficient (Wildman–Crippen LogP) is 3.56. The topological polar surface area (TPSA) is 115 Å². The Morgan fingerprint density at radius 1 is 1.00 bits per heavy atom. The van der Waals surface area contributed by atoms with Crippen LogP contribution in [0.4, 0.5) is 13.2 Å². The molecule has 10 heteroatoms. The Morgan fingerprint density at radius 2 is 1.55 bits per heavy atom. The number of aliphatic hydroxyl groups excluding tert-OH is 2. The number of carbonyl (C=O) groups excluding carboxylic acids is 1. The highest BCUT2D eigenvalue weighted by Gasteiger charge is 2.31. The number of primary amides is 1. The van der Waals surface area contributed by atoms with E-state index in [-0.39, 0.29) is 17.0 Å². The number of aliphatic hydroxyl groups is 2. The Hall–Kier alpha value is -3.63. The number of ether oxygens (including phenoxy) is 2. The number of alkyl halides is 3. The van der Waals surface area contributed by atoms with Gasteiger partial charge in [0, 0.05) is 5.56 Å². The number of rotatable bonds is 7. The molecule has 1 atom stereocenters. The van der Waals surface area contributed by atoms with Gasteiger partial charge in [-0.15, -0.1) is 13.2 Å². The van der Waals surface area contributed by atoms with Crippen LogP contribution in [0.1, 0.15) is 22.2 Å². The summed E-state index contributed by atoms with van der Waals surface area (Å²) in [5.74, 6) is -0.456. The van der Waals surface area contributed by atoms with Crippen LogP contribution in [-0.2, 0) is 0 Å². The lowest BCUT2D eigenvalue weighted by atomic mass is 10.0. The minimum Gasteiger partial charge on any atom is -0.457 e. The summed E-state index contributed by atoms with van der Waals surface area (Å²) >= 11 is 0. The summed E-state index contributed by atoms with van der Waals surface area (Å²) in [6.07, 6.45) is -5.97. The van der Waals surface area contributed by atoms with Gasteiger partial charge < -0.3 is 25.4 Å². The van der Waals surface area contributed by atoms with Crippen molar-refractivity contribution in [2.24, 2.45) is 5.73 Å². The maximum Gasteiger partial charge on any atom is 0.573 e. The second-order valence-electron chi connectivity index (χ2n) is 6.38. The zero-order valence-electron chi connectivity index (χ0n) is 15.8. The Kier molecular flexibility index (Phi) is 6.42. The first-order chi connectivity index (χ1) is 14.6. The molecule has 2 aromatic carbocycles. The van der Waals surface area contributed by atoms with Gasteiger partial charge in [0.25, 0.3) is 5.91 Å². The maximum atomic E-state index is 12.2. The van der Waals surface area contributed by atoms with E-state index in [9.17, 15) is 23.1 Å². The van der Waals surface area contributed by atoms with Gasteiger partial charge in [-0.2, -0.15) is 0 Å². The summed E-state index contributed by atoms with van der Waals surface area (Å²) < 4.78 is 46.0. The summed E-state index contributed by atoms with van der Waals surface area (Å²) in [6, 6.07) is 14.2. The number of carbonyl (C=O) groups is 1. The summed E-state index contributed by atoms with van der Waals surface area (Å²) in [4.78, 5) is 15.7. The van der Waals surface area contributed by atoms with Crippen molar-refractivity contribution in [3.05, 3.63) is 71.9 Å². The fourth-order valence-electron chi connectivity index (χ4n) is 2.66. The van der Waals surface area contributed by atoms with Crippen LogP contribution in [0.15, 0.2) is 60.7 Å². The number of pyridine rings is 1. The molecule has 0 radical (unpaired) electrons. The molecule has 4 N–H and O–H groups in total. The normalized spacial score (nSPS) is 12.3. The van der Waals surface area contributed by atoms with E-state index in [0.29, 0.717) is 22.8 Å². The van der Waals surface area contributed by atoms with Crippen LogP contribution < -0.4 is 15.2 Å². The molecular weight excluding hydrogens is 417 g/mol. The van der Waals surface area contributed by atoms with Crippen molar-refractivity contribution in [3.63, 3.8) is 0 Å². The second kappa shape index (κ2) is 9.02. The molecular formula is C21H17F3N2O5. The number of hydrogen-bond acceptors (Lipinski definition) is 6. The first kappa shape index (κ1) is 22.1. The van der Waals surface area contributed by atoms with Gasteiger partial charge in [-0.05, 0) is 66.2 Å². The largest absolute Gasteiger partial charge is 0.573 e. The molecule has 7 nitrogen and oxygen atoms in total. The lowest BCUT2D eigenvalue weighted by molar-refractivity contribution is -0.274. The van der Waals surface area contributed by atoms with Crippen LogP contribution >= 0.6 is 0 Å². The van der Waals surface area contributed by atoms with Crippen molar-refractivity contribution in [2.45, 2.75) is 12.5 Å². The lowest BCUT2D eigenvalue weighted by Crippen LogP contribution is -2.16. The van der Waals surface area contributed by atoms with E-state index < -0.39 is 25.0 Å². The lowest BCUT2D eigenvalue weighted by Gasteiger charge is -2.12. The van der Waals surface area contributed by atoms with E-state index >= 15 is 0 Å². The molecule has 162 valence electrons. The molecule has 0 aliphatic heterocycles. The molecule has 0 saturated heterocycles. The molecule has 0 aliphatic rings. The molecule has 3 aromatic rings. The van der Waals surface area contributed by atoms with Crippen molar-refractivity contribution in [1.29, 1.82) is 0 Å². The SMILES string of the molecule is NC(=O)c1cc([C@H](O)CO)cc(-c2ccc(Oc3ccc(OC(F)(F)F)cc3)cc2)n1. The van der Waals surface area contributed by atoms with Crippen LogP contribution in [0.5, 0.6) is 17.2 Å². The van der Waals surface area contributed by atoms with Crippen LogP contribution in [0.2, 0.25) is 0 Å². The van der Waals surface area contributed by atoms with Crippen LogP contribution in [0.25, 0.3) is 11.3 Å². The number of halogens is 3. The molecule has 1 aromatic heterocycles. The van der Waals surface area contributed by atoms with Gasteiger partial charge in [-0.3, -0.25) is 4.79 Å². The smallest absolute Gasteiger partial charge is 0.457 e. The number of nitrogens with zero attached hydrogens (tertiary/aromatic N) is 1. The summed E-state index contributed by atoms with van der Waals surface area (Å²) in [7, 11) is 0. The minimum absolute atomic E-state index is 0.0681. The number of aromatic nitrogens is 1. The van der Waals surface area contributed by atoms with Gasteiger partial charge in [0.15, 0.2) is 0 Å². The number of amides is 1. The Morgan fingerprint density at radius 3 is 2.06 bits per heavy atom. The van der Waals surface area contributed by atoms with Gasteiger partial charge in [-0.1, -0.05) is 0 Å². The molecule has 1 heterocycles. The molecule has 31 heavy (non-hydrogen) atoms. The Bertz CT molecular complexity index is 1050. The van der Waals surface area contributed by atoms with Gasteiger partial charge >= 0.3 is 6.36 Å². The maximum absolute atomic E-state index is 12.2. The number of nitrogens with two attached hydrogens (primary N) is 1. The van der Waals surface area contributed by atoms with Crippen molar-refractivity contribution in [3.8, 4) is 28.5 Å². The van der Waals surface area contributed by atoms with E-state index in [2.05, 4.69) is 9.72 Å². The zero-order chi connectivity index (χ0) is 22.6. The van der Waals surface area contributed by atoms with Crippen LogP contribution in [-0.4, -0.2) is 34.1 Å². The molecule has 0 aliphatic carbocycles. The molecule has 0 spiro atoms.